The average Bonchev–Trinajstić information content (AvgIpc) is 3.27. The van der Waals surface area contributed by atoms with Gasteiger partial charge in [0.2, 0.25) is 0 Å². The normalized spacial score (nSPS) is 15.4. The Morgan fingerprint density at radius 1 is 1.00 bits per heavy atom. The van der Waals surface area contributed by atoms with Gasteiger partial charge < -0.3 is 0 Å². The summed E-state index contributed by atoms with van der Waals surface area (Å²) in [5.74, 6) is 0. The van der Waals surface area contributed by atoms with Crippen molar-refractivity contribution in [2.24, 2.45) is 0 Å². The van der Waals surface area contributed by atoms with Crippen LogP contribution in [-0.4, -0.2) is 84.4 Å². The number of nitrogens with zero attached hydrogens (tertiary/aromatic N) is 3. The van der Waals surface area contributed by atoms with Crippen molar-refractivity contribution in [3.05, 3.63) is 63.8 Å². The van der Waals surface area contributed by atoms with Gasteiger partial charge in [-0.3, -0.25) is 0 Å². The molecular formula is C23H29N3OSe2. The molecule has 3 heterocycles. The van der Waals surface area contributed by atoms with E-state index in [1.54, 1.807) is 0 Å². The van der Waals surface area contributed by atoms with Gasteiger partial charge in [0.15, 0.2) is 0 Å². The molecule has 0 fully saturated rings. The van der Waals surface area contributed by atoms with Crippen molar-refractivity contribution in [1.29, 1.82) is 0 Å². The number of pyridine rings is 1. The molecule has 1 aromatic carbocycles. The Balaban J connectivity index is 0.000000166. The summed E-state index contributed by atoms with van der Waals surface area (Å²) in [4.78, 5) is 12.9. The maximum atomic E-state index is 11.8. The third kappa shape index (κ3) is 6.05. The van der Waals surface area contributed by atoms with Crippen molar-refractivity contribution >= 4 is 48.0 Å². The van der Waals surface area contributed by atoms with Crippen molar-refractivity contribution in [2.75, 3.05) is 41.3 Å². The van der Waals surface area contributed by atoms with E-state index in [1.807, 2.05) is 35.6 Å². The summed E-state index contributed by atoms with van der Waals surface area (Å²) in [7, 11) is 8.36. The Bertz CT molecular complexity index is 1010. The van der Waals surface area contributed by atoms with Crippen LogP contribution < -0.4 is 4.46 Å². The predicted octanol–water partition coefficient (Wildman–Crippen LogP) is 2.60. The molecule has 0 N–H and O–H groups in total. The van der Waals surface area contributed by atoms with E-state index in [1.165, 1.54) is 26.3 Å². The number of likely N-dealkylation sites (N-methyl/N-ethyl adjacent to an activating group) is 1. The molecule has 0 spiro atoms. The van der Waals surface area contributed by atoms with Gasteiger partial charge >= 0.3 is 185 Å². The second kappa shape index (κ2) is 10.6. The van der Waals surface area contributed by atoms with E-state index in [4.69, 9.17) is 0 Å². The molecular weight excluding hydrogens is 492 g/mol. The summed E-state index contributed by atoms with van der Waals surface area (Å²) in [5, 5.41) is 1.38. The molecule has 0 saturated heterocycles. The van der Waals surface area contributed by atoms with Crippen LogP contribution in [0.3, 0.4) is 0 Å². The average molecular weight is 521 g/mol. The van der Waals surface area contributed by atoms with Crippen molar-refractivity contribution in [2.45, 2.75) is 12.8 Å². The van der Waals surface area contributed by atoms with E-state index < -0.39 is 13.8 Å². The van der Waals surface area contributed by atoms with E-state index in [0.29, 0.717) is 14.5 Å². The molecule has 0 radical (unpaired) electrons. The van der Waals surface area contributed by atoms with Gasteiger partial charge in [0.1, 0.15) is 0 Å². The standard InChI is InChI=1S/C12H15NOSe.C11H14N2Se/c1-13(2)8-7-10-9-15(14)12-6-4-3-5-11(10)12;1-13(2)6-4-9-8-14-11-3-5-12-7-10(9)11/h3-6,9H,7-8H2,1-2H3;3,5,7-8H,4,6H2,1-2H3. The maximum absolute atomic E-state index is 11.8. The Hall–Kier alpha value is -1.39. The quantitative estimate of drug-likeness (QED) is 0.468. The number of rotatable bonds is 6. The molecule has 4 nitrogen and oxygen atoms in total. The Kier molecular flexibility index (Phi) is 8.14. The zero-order chi connectivity index (χ0) is 20.8. The number of hydrogen-bond acceptors (Lipinski definition) is 4. The fourth-order valence-corrected chi connectivity index (χ4v) is 7.83. The predicted molar refractivity (Wildman–Crippen MR) is 125 cm³/mol. The summed E-state index contributed by atoms with van der Waals surface area (Å²) < 4.78 is 14.4. The van der Waals surface area contributed by atoms with E-state index in [2.05, 4.69) is 60.0 Å². The minimum atomic E-state index is -1.86. The van der Waals surface area contributed by atoms with Gasteiger partial charge in [0, 0.05) is 0 Å². The van der Waals surface area contributed by atoms with Crippen LogP contribution in [0.15, 0.2) is 52.6 Å². The summed E-state index contributed by atoms with van der Waals surface area (Å²) in [6.07, 6.45) is 6.04. The Morgan fingerprint density at radius 2 is 1.72 bits per heavy atom. The summed E-state index contributed by atoms with van der Waals surface area (Å²) in [6.45, 7) is 2.13. The molecule has 0 aliphatic carbocycles. The van der Waals surface area contributed by atoms with Crippen LogP contribution in [0.1, 0.15) is 17.5 Å². The van der Waals surface area contributed by atoms with E-state index in [9.17, 15) is 3.83 Å². The molecule has 1 aliphatic heterocycles. The summed E-state index contributed by atoms with van der Waals surface area (Å²) in [5.41, 5.74) is 3.96. The zero-order valence-corrected chi connectivity index (χ0v) is 21.0. The third-order valence-electron chi connectivity index (χ3n) is 4.81. The second-order valence-electron chi connectivity index (χ2n) is 7.68. The van der Waals surface area contributed by atoms with Gasteiger partial charge in [-0.1, -0.05) is 0 Å². The summed E-state index contributed by atoms with van der Waals surface area (Å²) >= 11 is -1.32. The Morgan fingerprint density at radius 3 is 2.48 bits per heavy atom. The van der Waals surface area contributed by atoms with Gasteiger partial charge in [-0.2, -0.15) is 0 Å². The number of benzene rings is 1. The topological polar surface area (TPSA) is 36.4 Å². The fourth-order valence-electron chi connectivity index (χ4n) is 3.16. The zero-order valence-electron chi connectivity index (χ0n) is 17.6. The van der Waals surface area contributed by atoms with Gasteiger partial charge in [-0.25, -0.2) is 0 Å². The van der Waals surface area contributed by atoms with E-state index in [0.717, 1.165) is 30.4 Å². The molecule has 154 valence electrons. The molecule has 6 heteroatoms. The van der Waals surface area contributed by atoms with Crippen molar-refractivity contribution in [3.8, 4) is 0 Å². The first-order chi connectivity index (χ1) is 14.0. The molecule has 0 saturated carbocycles. The van der Waals surface area contributed by atoms with Gasteiger partial charge in [0.25, 0.3) is 0 Å². The van der Waals surface area contributed by atoms with Gasteiger partial charge in [-0.15, -0.1) is 0 Å². The van der Waals surface area contributed by atoms with Crippen LogP contribution in [0.25, 0.3) is 15.2 Å². The molecule has 29 heavy (non-hydrogen) atoms. The molecule has 1 atom stereocenters. The molecule has 4 rings (SSSR count). The third-order valence-corrected chi connectivity index (χ3v) is 9.64. The fraction of sp³-hybridized carbons (Fsp3) is 0.348. The van der Waals surface area contributed by atoms with E-state index in [-0.39, 0.29) is 0 Å². The van der Waals surface area contributed by atoms with Gasteiger partial charge in [-0.05, 0) is 0 Å². The molecule has 1 unspecified atom stereocenters. The summed E-state index contributed by atoms with van der Waals surface area (Å²) in [6, 6.07) is 10.2. The number of aromatic nitrogens is 1. The van der Waals surface area contributed by atoms with Crippen molar-refractivity contribution < 1.29 is 3.83 Å². The first-order valence-corrected chi connectivity index (χ1v) is 14.1. The Labute approximate surface area is 184 Å². The second-order valence-corrected chi connectivity index (χ2v) is 12.3. The first-order valence-electron chi connectivity index (χ1n) is 9.76. The molecule has 0 bridgehead atoms. The minimum absolute atomic E-state index is 0.542. The monoisotopic (exact) mass is 523 g/mol. The van der Waals surface area contributed by atoms with E-state index >= 15 is 0 Å². The van der Waals surface area contributed by atoms with Crippen LogP contribution in [-0.2, 0) is 10.3 Å². The van der Waals surface area contributed by atoms with Crippen molar-refractivity contribution in [3.63, 3.8) is 0 Å². The van der Waals surface area contributed by atoms with Crippen LogP contribution in [0.4, 0.5) is 0 Å². The van der Waals surface area contributed by atoms with Gasteiger partial charge in [0.05, 0.1) is 0 Å². The number of hydrogen-bond donors (Lipinski definition) is 0. The van der Waals surface area contributed by atoms with Crippen molar-refractivity contribution in [1.82, 2.24) is 14.8 Å². The number of fused-ring (bicyclic) bond motifs is 2. The van der Waals surface area contributed by atoms with Crippen LogP contribution in [0.5, 0.6) is 0 Å². The molecule has 2 aromatic heterocycles. The SMILES string of the molecule is CN(C)CCC1=C[Se](=O)c2ccccc21.CN(C)CCc1c[se]c2ccncc12. The molecule has 3 aromatic rings. The van der Waals surface area contributed by atoms with Crippen LogP contribution in [0.2, 0.25) is 0 Å². The van der Waals surface area contributed by atoms with Crippen LogP contribution >= 0.6 is 0 Å². The first kappa shape index (κ1) is 22.3. The van der Waals surface area contributed by atoms with Crippen LogP contribution in [0, 0.1) is 0 Å². The molecule has 1 aliphatic rings. The molecule has 0 amide bonds.